The zero-order valence-electron chi connectivity index (χ0n) is 29.0. The summed E-state index contributed by atoms with van der Waals surface area (Å²) in [5, 5.41) is 10.7. The van der Waals surface area contributed by atoms with Gasteiger partial charge in [-0.15, -0.1) is 0 Å². The van der Waals surface area contributed by atoms with Gasteiger partial charge in [0.25, 0.3) is 5.91 Å². The first-order chi connectivity index (χ1) is 22.1. The van der Waals surface area contributed by atoms with Crippen LogP contribution in [0.3, 0.4) is 0 Å². The number of rotatable bonds is 11. The third-order valence-corrected chi connectivity index (χ3v) is 13.3. The molecule has 0 aromatic rings. The van der Waals surface area contributed by atoms with Crippen molar-refractivity contribution in [2.75, 3.05) is 18.8 Å². The molecule has 5 amide bonds. The minimum Gasteiger partial charge on any atom is -0.350 e. The van der Waals surface area contributed by atoms with Gasteiger partial charge in [-0.3, -0.25) is 19.2 Å². The first kappa shape index (κ1) is 37.1. The summed E-state index contributed by atoms with van der Waals surface area (Å²) in [7, 11) is -3.38. The van der Waals surface area contributed by atoms with Gasteiger partial charge in [0.05, 0.1) is 22.6 Å². The van der Waals surface area contributed by atoms with E-state index in [-0.39, 0.29) is 23.5 Å². The molecule has 0 aromatic carbocycles. The number of likely N-dealkylation sites (tertiary alicyclic amines) is 1. The second kappa shape index (κ2) is 15.2. The van der Waals surface area contributed by atoms with Gasteiger partial charge in [-0.1, -0.05) is 66.2 Å². The Labute approximate surface area is 280 Å². The molecule has 4 fully saturated rings. The summed E-state index contributed by atoms with van der Waals surface area (Å²) in [6, 6.07) is -3.40. The maximum Gasteiger partial charge on any atom is 0.315 e. The number of urea groups is 1. The first-order valence-electron chi connectivity index (χ1n) is 17.9. The number of Topliss-reactive ketones (excluding diaryl/α,β-unsaturated/α-hetero) is 1. The lowest BCUT2D eigenvalue weighted by Gasteiger charge is -2.45. The molecule has 0 unspecified atom stereocenters. The first-order valence-corrected chi connectivity index (χ1v) is 19.6. The Hall–Kier alpha value is -2.70. The lowest BCUT2D eigenvalue weighted by Crippen LogP contribution is -2.66. The summed E-state index contributed by atoms with van der Waals surface area (Å²) in [6.45, 7) is 9.80. The smallest absolute Gasteiger partial charge is 0.315 e. The van der Waals surface area contributed by atoms with Gasteiger partial charge < -0.3 is 26.2 Å². The monoisotopic (exact) mass is 679 g/mol. The second-order valence-corrected chi connectivity index (χ2v) is 17.6. The second-order valence-electron chi connectivity index (χ2n) is 15.3. The normalized spacial score (nSPS) is 28.0. The van der Waals surface area contributed by atoms with E-state index in [9.17, 15) is 32.4 Å². The van der Waals surface area contributed by atoms with E-state index in [0.717, 1.165) is 44.9 Å². The van der Waals surface area contributed by atoms with Gasteiger partial charge in [-0.25, -0.2) is 13.2 Å². The fourth-order valence-corrected chi connectivity index (χ4v) is 11.0. The number of hydrogen-bond donors (Lipinski definition) is 4. The molecule has 2 saturated carbocycles. The number of hydrogen-bond acceptors (Lipinski definition) is 7. The van der Waals surface area contributed by atoms with Crippen molar-refractivity contribution in [2.45, 2.75) is 147 Å². The van der Waals surface area contributed by atoms with Crippen LogP contribution < -0.4 is 21.3 Å². The fourth-order valence-electron chi connectivity index (χ4n) is 8.58. The van der Waals surface area contributed by atoms with Crippen LogP contribution in [-0.4, -0.2) is 90.6 Å². The van der Waals surface area contributed by atoms with E-state index in [0.29, 0.717) is 51.6 Å². The molecule has 4 aliphatic rings. The Morgan fingerprint density at radius 1 is 0.894 bits per heavy atom. The van der Waals surface area contributed by atoms with Gasteiger partial charge in [0.1, 0.15) is 12.1 Å². The molecule has 47 heavy (non-hydrogen) atoms. The summed E-state index contributed by atoms with van der Waals surface area (Å²) < 4.78 is 26.5. The highest BCUT2D eigenvalue weighted by molar-refractivity contribution is 7.92. The molecule has 0 radical (unpaired) electrons. The number of fused-ring (bicyclic) bond motifs is 1. The van der Waals surface area contributed by atoms with E-state index >= 15 is 0 Å². The predicted molar refractivity (Wildman–Crippen MR) is 179 cm³/mol. The van der Waals surface area contributed by atoms with Gasteiger partial charge in [0.2, 0.25) is 17.6 Å². The highest BCUT2D eigenvalue weighted by Crippen LogP contribution is 2.43. The highest BCUT2D eigenvalue weighted by atomic mass is 32.2. The van der Waals surface area contributed by atoms with E-state index in [2.05, 4.69) is 21.3 Å². The van der Waals surface area contributed by atoms with E-state index in [4.69, 9.17) is 0 Å². The molecule has 0 bridgehead atoms. The number of carbonyl (C=O) groups excluding carboxylic acids is 5. The maximum atomic E-state index is 14.5. The molecule has 2 heterocycles. The lowest BCUT2D eigenvalue weighted by atomic mass is 9.77. The van der Waals surface area contributed by atoms with Crippen LogP contribution in [0.5, 0.6) is 0 Å². The van der Waals surface area contributed by atoms with Crippen molar-refractivity contribution >= 4 is 39.4 Å². The van der Waals surface area contributed by atoms with Crippen LogP contribution >= 0.6 is 0 Å². The Morgan fingerprint density at radius 2 is 1.60 bits per heavy atom. The SMILES string of the molecule is CCC[C@H](NC(=O)[C@@H]1[C@H]2CCC[C@H]2CN1C(=O)[C@@H](NC(=O)NC1([C@@H]2CCCCS2(=O)=O)CCCCC1)C(C)(C)C)C(=O)C(=O)NCC. The number of likely N-dealkylation sites (N-methyl/N-ethyl adjacent to an activating group) is 1. The van der Waals surface area contributed by atoms with Crippen LogP contribution in [0.4, 0.5) is 4.79 Å². The van der Waals surface area contributed by atoms with E-state index in [1.54, 1.807) is 11.8 Å². The van der Waals surface area contributed by atoms with Crippen molar-refractivity contribution in [1.29, 1.82) is 0 Å². The average molecular weight is 680 g/mol. The molecule has 6 atom stereocenters. The molecule has 2 aliphatic heterocycles. The van der Waals surface area contributed by atoms with Crippen LogP contribution in [-0.2, 0) is 29.0 Å². The van der Waals surface area contributed by atoms with Crippen molar-refractivity contribution in [1.82, 2.24) is 26.2 Å². The Morgan fingerprint density at radius 3 is 2.21 bits per heavy atom. The maximum absolute atomic E-state index is 14.5. The molecule has 4 N–H and O–H groups in total. The Kier molecular flexibility index (Phi) is 12.0. The molecular weight excluding hydrogens is 622 g/mol. The van der Waals surface area contributed by atoms with E-state index in [1.165, 1.54) is 0 Å². The number of amides is 5. The van der Waals surface area contributed by atoms with Gasteiger partial charge in [0, 0.05) is 13.1 Å². The summed E-state index contributed by atoms with van der Waals surface area (Å²) in [5.74, 6) is -2.13. The molecule has 12 nitrogen and oxygen atoms in total. The highest BCUT2D eigenvalue weighted by Gasteiger charge is 2.53. The quantitative estimate of drug-likeness (QED) is 0.243. The topological polar surface area (TPSA) is 171 Å². The summed E-state index contributed by atoms with van der Waals surface area (Å²) in [4.78, 5) is 69.1. The molecule has 13 heteroatoms. The van der Waals surface area contributed by atoms with Crippen molar-refractivity contribution in [2.24, 2.45) is 17.3 Å². The number of nitrogens with one attached hydrogen (secondary N) is 4. The van der Waals surface area contributed by atoms with Crippen LogP contribution in [0.2, 0.25) is 0 Å². The van der Waals surface area contributed by atoms with Crippen molar-refractivity contribution in [3.63, 3.8) is 0 Å². The van der Waals surface area contributed by atoms with Gasteiger partial charge in [-0.05, 0) is 69.1 Å². The minimum absolute atomic E-state index is 0.0859. The molecule has 2 aliphatic carbocycles. The Balaban J connectivity index is 1.56. The number of sulfone groups is 1. The molecule has 266 valence electrons. The van der Waals surface area contributed by atoms with Crippen molar-refractivity contribution < 1.29 is 32.4 Å². The van der Waals surface area contributed by atoms with E-state index in [1.807, 2.05) is 27.7 Å². The summed E-state index contributed by atoms with van der Waals surface area (Å²) >= 11 is 0. The zero-order chi connectivity index (χ0) is 34.6. The van der Waals surface area contributed by atoms with Crippen LogP contribution in [0.15, 0.2) is 0 Å². The summed E-state index contributed by atoms with van der Waals surface area (Å²) in [5.41, 5.74) is -1.62. The van der Waals surface area contributed by atoms with E-state index < -0.39 is 67.8 Å². The Bertz CT molecular complexity index is 1290. The van der Waals surface area contributed by atoms with Crippen LogP contribution in [0.25, 0.3) is 0 Å². The van der Waals surface area contributed by atoms with Crippen LogP contribution in [0.1, 0.15) is 118 Å². The zero-order valence-corrected chi connectivity index (χ0v) is 29.8. The average Bonchev–Trinajstić information content (AvgIpc) is 3.60. The molecule has 2 saturated heterocycles. The lowest BCUT2D eigenvalue weighted by molar-refractivity contribution is -0.144. The number of ketones is 1. The summed E-state index contributed by atoms with van der Waals surface area (Å²) in [6.07, 6.45) is 9.16. The molecule has 0 spiro atoms. The third kappa shape index (κ3) is 8.31. The third-order valence-electron chi connectivity index (χ3n) is 10.9. The molecule has 4 rings (SSSR count). The molecular formula is C34H57N5O7S. The number of nitrogens with zero attached hydrogens (tertiary/aromatic N) is 1. The van der Waals surface area contributed by atoms with Gasteiger partial charge in [-0.2, -0.15) is 0 Å². The predicted octanol–water partition coefficient (Wildman–Crippen LogP) is 2.99. The van der Waals surface area contributed by atoms with Crippen molar-refractivity contribution in [3.8, 4) is 0 Å². The molecule has 0 aromatic heterocycles. The fraction of sp³-hybridized carbons (Fsp3) is 0.853. The van der Waals surface area contributed by atoms with Gasteiger partial charge in [0.15, 0.2) is 9.84 Å². The standard InChI is InChI=1S/C34H57N5O7S/c1-6-14-24(27(40)30(42)35-7-2)36-29(41)26-23-16-13-15-22(23)21-39(26)31(43)28(33(3,4)5)37-32(44)38-34(18-10-8-11-19-34)25-17-9-12-20-47(25,45)46/h22-26,28H,6-21H2,1-5H3,(H,35,42)(H,36,41)(H2,37,38,44)/t22-,23-,24-,25-,26-,28+/m0/s1. The van der Waals surface area contributed by atoms with Crippen molar-refractivity contribution in [3.05, 3.63) is 0 Å². The van der Waals surface area contributed by atoms with Crippen LogP contribution in [0, 0.1) is 17.3 Å². The van der Waals surface area contributed by atoms with Gasteiger partial charge >= 0.3 is 6.03 Å². The minimum atomic E-state index is -3.38. The number of carbonyl (C=O) groups is 5. The largest absolute Gasteiger partial charge is 0.350 e.